The number of anilines is 1. The number of ketones is 2. The number of aliphatic hydroxyl groups excluding tert-OH is 2. The first-order valence-corrected chi connectivity index (χ1v) is 13.2. The largest absolute Gasteiger partial charge is 0.507 e. The molecule has 0 heterocycles. The molecular weight excluding hydrogens is 500 g/mol. The van der Waals surface area contributed by atoms with E-state index in [1.165, 1.54) is 6.07 Å². The number of hydrogen-bond donors (Lipinski definition) is 5. The summed E-state index contributed by atoms with van der Waals surface area (Å²) >= 11 is 0. The van der Waals surface area contributed by atoms with Gasteiger partial charge in [-0.1, -0.05) is 39.0 Å². The third-order valence-corrected chi connectivity index (χ3v) is 7.34. The molecule has 1 aliphatic carbocycles. The average molecular weight is 539 g/mol. The maximum Gasteiger partial charge on any atom is 0.229 e. The SMILES string of the molecule is CC(C)(C)C(=O)Nc1ccc(-c2ccc(O)c3c2CC(CC(CCO)C(CO)C(=O)CC(N)=O)CC3=O)cc1. The molecule has 3 unspecified atom stereocenters. The molecule has 9 nitrogen and oxygen atoms in total. The molecule has 0 fully saturated rings. The second kappa shape index (κ2) is 12.5. The maximum absolute atomic E-state index is 13.2. The Kier molecular flexibility index (Phi) is 9.63. The van der Waals surface area contributed by atoms with Gasteiger partial charge >= 0.3 is 0 Å². The third-order valence-electron chi connectivity index (χ3n) is 7.34. The molecule has 1 aliphatic rings. The van der Waals surface area contributed by atoms with Crippen LogP contribution in [0.25, 0.3) is 11.1 Å². The zero-order valence-electron chi connectivity index (χ0n) is 22.7. The fourth-order valence-corrected chi connectivity index (χ4v) is 5.27. The van der Waals surface area contributed by atoms with Gasteiger partial charge in [-0.15, -0.1) is 0 Å². The van der Waals surface area contributed by atoms with Crippen LogP contribution in [0.1, 0.15) is 62.4 Å². The lowest BCUT2D eigenvalue weighted by Gasteiger charge is -2.31. The number of aromatic hydroxyl groups is 1. The molecule has 2 aromatic carbocycles. The van der Waals surface area contributed by atoms with Gasteiger partial charge in [-0.3, -0.25) is 19.2 Å². The monoisotopic (exact) mass is 538 g/mol. The molecule has 3 atom stereocenters. The van der Waals surface area contributed by atoms with Crippen LogP contribution >= 0.6 is 0 Å². The molecule has 0 spiro atoms. The molecule has 3 rings (SSSR count). The highest BCUT2D eigenvalue weighted by Crippen LogP contribution is 2.41. The summed E-state index contributed by atoms with van der Waals surface area (Å²) in [6.07, 6.45) is 0.684. The molecule has 6 N–H and O–H groups in total. The molecule has 9 heteroatoms. The van der Waals surface area contributed by atoms with Crippen LogP contribution in [0.5, 0.6) is 5.75 Å². The lowest BCUT2D eigenvalue weighted by atomic mass is 9.72. The van der Waals surface area contributed by atoms with Gasteiger partial charge in [0.1, 0.15) is 11.5 Å². The Morgan fingerprint density at radius 2 is 1.72 bits per heavy atom. The number of carbonyl (C=O) groups is 4. The van der Waals surface area contributed by atoms with Crippen LogP contribution in [-0.4, -0.2) is 51.9 Å². The van der Waals surface area contributed by atoms with Crippen molar-refractivity contribution in [2.75, 3.05) is 18.5 Å². The van der Waals surface area contributed by atoms with Gasteiger partial charge < -0.3 is 26.4 Å². The Bertz CT molecular complexity index is 1230. The fraction of sp³-hybridized carbons (Fsp3) is 0.467. The molecule has 0 radical (unpaired) electrons. The van der Waals surface area contributed by atoms with Gasteiger partial charge in [0.05, 0.1) is 18.6 Å². The Morgan fingerprint density at radius 1 is 1.05 bits per heavy atom. The van der Waals surface area contributed by atoms with E-state index in [0.717, 1.165) is 11.1 Å². The van der Waals surface area contributed by atoms with Crippen molar-refractivity contribution in [1.82, 2.24) is 0 Å². The number of rotatable bonds is 11. The number of phenols is 1. The van der Waals surface area contributed by atoms with Crippen molar-refractivity contribution in [1.29, 1.82) is 0 Å². The fourth-order valence-electron chi connectivity index (χ4n) is 5.27. The Morgan fingerprint density at radius 3 is 2.28 bits per heavy atom. The highest BCUT2D eigenvalue weighted by Gasteiger charge is 2.35. The van der Waals surface area contributed by atoms with Gasteiger partial charge in [0.15, 0.2) is 5.78 Å². The number of Topliss-reactive ketones (excluding diaryl/α,β-unsaturated/α-hetero) is 2. The minimum absolute atomic E-state index is 0.0944. The number of phenolic OH excluding ortho intramolecular Hbond substituents is 1. The van der Waals surface area contributed by atoms with Gasteiger partial charge in [0, 0.05) is 30.0 Å². The average Bonchev–Trinajstić information content (AvgIpc) is 2.84. The number of benzene rings is 2. The van der Waals surface area contributed by atoms with E-state index in [9.17, 15) is 34.5 Å². The van der Waals surface area contributed by atoms with Crippen molar-refractivity contribution in [2.24, 2.45) is 28.9 Å². The smallest absolute Gasteiger partial charge is 0.229 e. The summed E-state index contributed by atoms with van der Waals surface area (Å²) < 4.78 is 0. The second-order valence-electron chi connectivity index (χ2n) is 11.4. The first-order valence-electron chi connectivity index (χ1n) is 13.2. The molecular formula is C30H38N2O7. The molecule has 39 heavy (non-hydrogen) atoms. The van der Waals surface area contributed by atoms with Crippen molar-refractivity contribution in [3.05, 3.63) is 47.5 Å². The number of fused-ring (bicyclic) bond motifs is 1. The summed E-state index contributed by atoms with van der Waals surface area (Å²) in [7, 11) is 0. The van der Waals surface area contributed by atoms with Gasteiger partial charge in [-0.25, -0.2) is 0 Å². The quantitative estimate of drug-likeness (QED) is 0.274. The molecule has 0 saturated carbocycles. The van der Waals surface area contributed by atoms with E-state index in [0.29, 0.717) is 24.1 Å². The lowest BCUT2D eigenvalue weighted by Crippen LogP contribution is -2.33. The predicted molar refractivity (Wildman–Crippen MR) is 147 cm³/mol. The van der Waals surface area contributed by atoms with E-state index in [4.69, 9.17) is 5.73 Å². The topological polar surface area (TPSA) is 167 Å². The summed E-state index contributed by atoms with van der Waals surface area (Å²) in [4.78, 5) is 49.4. The Labute approximate surface area is 228 Å². The van der Waals surface area contributed by atoms with Crippen molar-refractivity contribution in [3.8, 4) is 16.9 Å². The Balaban J connectivity index is 1.89. The zero-order valence-corrected chi connectivity index (χ0v) is 22.7. The van der Waals surface area contributed by atoms with Crippen molar-refractivity contribution in [2.45, 2.75) is 52.9 Å². The first-order chi connectivity index (χ1) is 18.3. The molecule has 2 amide bonds. The van der Waals surface area contributed by atoms with Crippen LogP contribution in [0.4, 0.5) is 5.69 Å². The third kappa shape index (κ3) is 7.30. The summed E-state index contributed by atoms with van der Waals surface area (Å²) in [5.74, 6) is -3.22. The minimum Gasteiger partial charge on any atom is -0.507 e. The van der Waals surface area contributed by atoms with E-state index < -0.39 is 42.0 Å². The number of primary amides is 1. The number of nitrogens with one attached hydrogen (secondary N) is 1. The number of hydrogen-bond acceptors (Lipinski definition) is 7. The van der Waals surface area contributed by atoms with E-state index in [-0.39, 0.29) is 48.4 Å². The predicted octanol–water partition coefficient (Wildman–Crippen LogP) is 3.23. The van der Waals surface area contributed by atoms with Crippen LogP contribution in [0, 0.1) is 23.2 Å². The van der Waals surface area contributed by atoms with Crippen LogP contribution < -0.4 is 11.1 Å². The van der Waals surface area contributed by atoms with E-state index >= 15 is 0 Å². The van der Waals surface area contributed by atoms with Crippen LogP contribution in [0.3, 0.4) is 0 Å². The van der Waals surface area contributed by atoms with Crippen LogP contribution in [0.15, 0.2) is 36.4 Å². The molecule has 2 aromatic rings. The number of carbonyl (C=O) groups excluding carboxylic acids is 4. The number of aliphatic hydroxyl groups is 2. The van der Waals surface area contributed by atoms with Crippen molar-refractivity contribution in [3.63, 3.8) is 0 Å². The molecule has 0 bridgehead atoms. The maximum atomic E-state index is 13.2. The number of amides is 2. The zero-order chi connectivity index (χ0) is 28.9. The molecule has 0 saturated heterocycles. The summed E-state index contributed by atoms with van der Waals surface area (Å²) in [5.41, 5.74) is 7.82. The summed E-state index contributed by atoms with van der Waals surface area (Å²) in [6, 6.07) is 10.5. The molecule has 210 valence electrons. The van der Waals surface area contributed by atoms with Crippen molar-refractivity contribution < 1.29 is 34.5 Å². The molecule has 0 aliphatic heterocycles. The summed E-state index contributed by atoms with van der Waals surface area (Å²) in [6.45, 7) is 4.78. The normalized spacial score (nSPS) is 16.7. The van der Waals surface area contributed by atoms with E-state index in [2.05, 4.69) is 5.32 Å². The Hall–Kier alpha value is -3.56. The van der Waals surface area contributed by atoms with Gasteiger partial charge in [0.2, 0.25) is 11.8 Å². The minimum atomic E-state index is -0.874. The first kappa shape index (κ1) is 30.0. The second-order valence-corrected chi connectivity index (χ2v) is 11.4. The van der Waals surface area contributed by atoms with Gasteiger partial charge in [0.25, 0.3) is 0 Å². The highest BCUT2D eigenvalue weighted by molar-refractivity contribution is 6.03. The molecule has 0 aromatic heterocycles. The van der Waals surface area contributed by atoms with Crippen LogP contribution in [-0.2, 0) is 20.8 Å². The van der Waals surface area contributed by atoms with Crippen molar-refractivity contribution >= 4 is 29.1 Å². The number of nitrogens with two attached hydrogens (primary N) is 1. The van der Waals surface area contributed by atoms with Gasteiger partial charge in [-0.05, 0) is 66.0 Å². The van der Waals surface area contributed by atoms with E-state index in [1.54, 1.807) is 18.2 Å². The van der Waals surface area contributed by atoms with E-state index in [1.807, 2.05) is 32.9 Å². The van der Waals surface area contributed by atoms with Gasteiger partial charge in [-0.2, -0.15) is 0 Å². The standard InChI is InChI=1S/C30H38N2O7/c1-30(2,3)29(39)32-20-6-4-18(5-7-20)21-8-9-24(35)28-22(21)13-17(14-26(28)37)12-19(10-11-33)23(16-34)25(36)15-27(31)38/h4-9,17,19,23,33-35H,10-16H2,1-3H3,(H2,31,38)(H,32,39). The van der Waals surface area contributed by atoms with Crippen LogP contribution in [0.2, 0.25) is 0 Å². The highest BCUT2D eigenvalue weighted by atomic mass is 16.3. The summed E-state index contributed by atoms with van der Waals surface area (Å²) in [5, 5.41) is 33.0. The lowest BCUT2D eigenvalue weighted by molar-refractivity contribution is -0.131.